The highest BCUT2D eigenvalue weighted by atomic mass is 31.3. The van der Waals surface area contributed by atoms with Gasteiger partial charge in [0.2, 0.25) is 0 Å². The van der Waals surface area contributed by atoms with E-state index in [9.17, 15) is 23.7 Å². The minimum Gasteiger partial charge on any atom is -0.778 e. The van der Waals surface area contributed by atoms with Crippen LogP contribution >= 0.6 is 15.4 Å². The lowest BCUT2D eigenvalue weighted by atomic mass is 10.1. The van der Waals surface area contributed by atoms with Gasteiger partial charge in [-0.3, -0.25) is 8.88 Å². The highest BCUT2D eigenvalue weighted by Crippen LogP contribution is 2.52. The molecule has 0 aromatic heterocycles. The maximum Gasteiger partial charge on any atom is 0.273 e. The third kappa shape index (κ3) is 14.8. The van der Waals surface area contributed by atoms with Crippen LogP contribution < -0.4 is 9.79 Å². The van der Waals surface area contributed by atoms with Gasteiger partial charge in [0.15, 0.2) is 0 Å². The molecule has 7 nitrogen and oxygen atoms in total. The number of allylic oxidation sites excluding steroid dienone is 3. The number of hydrogen-bond acceptors (Lipinski definition) is 7. The van der Waals surface area contributed by atoms with E-state index in [1.165, 1.54) is 0 Å². The maximum absolute atomic E-state index is 11.2. The SMILES string of the molecule is CC(=O)CC/C(C)=C/CC/C(C)=C/COP(=O)([O-])OP(C)(=O)[O-]. The Hall–Kier alpha value is -0.550. The molecule has 0 spiro atoms. The summed E-state index contributed by atoms with van der Waals surface area (Å²) in [5.41, 5.74) is 2.04. The number of carbonyl (C=O) groups is 1. The first-order valence-corrected chi connectivity index (χ1v) is 10.6. The minimum absolute atomic E-state index is 0.157. The molecule has 0 aromatic rings. The second-order valence-corrected chi connectivity index (χ2v) is 8.79. The summed E-state index contributed by atoms with van der Waals surface area (Å²) in [5.74, 6) is 0.157. The van der Waals surface area contributed by atoms with Gasteiger partial charge in [-0.1, -0.05) is 23.3 Å². The number of Topliss-reactive ketones (excluding diaryl/α,β-unsaturated/α-hetero) is 1. The molecule has 23 heavy (non-hydrogen) atoms. The van der Waals surface area contributed by atoms with Gasteiger partial charge in [0.25, 0.3) is 7.82 Å². The summed E-state index contributed by atoms with van der Waals surface area (Å²) in [6.07, 6.45) is 6.33. The fraction of sp³-hybridized carbons (Fsp3) is 0.643. The lowest BCUT2D eigenvalue weighted by molar-refractivity contribution is -0.230. The van der Waals surface area contributed by atoms with Gasteiger partial charge in [-0.2, -0.15) is 0 Å². The molecule has 0 bridgehead atoms. The van der Waals surface area contributed by atoms with Crippen molar-refractivity contribution in [2.75, 3.05) is 13.3 Å². The Kier molecular flexibility index (Phi) is 10.1. The van der Waals surface area contributed by atoms with Crippen LogP contribution in [0.25, 0.3) is 0 Å². The highest BCUT2D eigenvalue weighted by Gasteiger charge is 2.13. The van der Waals surface area contributed by atoms with Crippen LogP contribution in [0, 0.1) is 0 Å². The zero-order valence-electron chi connectivity index (χ0n) is 13.9. The Balaban J connectivity index is 4.18. The second-order valence-electron chi connectivity index (χ2n) is 5.44. The molecular weight excluding hydrogens is 342 g/mol. The van der Waals surface area contributed by atoms with E-state index in [-0.39, 0.29) is 12.4 Å². The van der Waals surface area contributed by atoms with Gasteiger partial charge in [-0.05, 0) is 40.0 Å². The molecule has 0 aliphatic carbocycles. The summed E-state index contributed by atoms with van der Waals surface area (Å²) in [7, 11) is -9.24. The Morgan fingerprint density at radius 1 is 1.00 bits per heavy atom. The summed E-state index contributed by atoms with van der Waals surface area (Å²) in [6.45, 7) is 5.71. The van der Waals surface area contributed by atoms with Crippen LogP contribution in [0.2, 0.25) is 0 Å². The number of carbonyl (C=O) groups excluding carboxylic acids is 1. The number of ketones is 1. The molecule has 0 N–H and O–H groups in total. The molecule has 0 fully saturated rings. The highest BCUT2D eigenvalue weighted by molar-refractivity contribution is 7.62. The van der Waals surface area contributed by atoms with Crippen LogP contribution in [0.4, 0.5) is 0 Å². The zero-order chi connectivity index (χ0) is 18.1. The van der Waals surface area contributed by atoms with Gasteiger partial charge in [0.05, 0.1) is 6.61 Å². The van der Waals surface area contributed by atoms with E-state index in [0.717, 1.165) is 24.0 Å². The first-order chi connectivity index (χ1) is 10.4. The van der Waals surface area contributed by atoms with Crippen molar-refractivity contribution >= 4 is 21.2 Å². The Labute approximate surface area is 137 Å². The number of hydrogen-bond donors (Lipinski definition) is 0. The first kappa shape index (κ1) is 22.4. The number of phosphoric ester groups is 1. The van der Waals surface area contributed by atoms with E-state index in [4.69, 9.17) is 0 Å². The lowest BCUT2D eigenvalue weighted by Crippen LogP contribution is -2.11. The van der Waals surface area contributed by atoms with E-state index in [1.807, 2.05) is 19.9 Å². The van der Waals surface area contributed by atoms with Gasteiger partial charge in [-0.25, -0.2) is 0 Å². The molecule has 0 rings (SSSR count). The standard InChI is InChI=1S/C14H26O7P2/c1-12(8-9-14(3)15)6-5-7-13(2)10-11-20-23(18,19)21-22(4,16)17/h6,10H,5,7-9,11H2,1-4H3,(H,16,17)(H,18,19)/p-2/b12-6+,13-10+. The summed E-state index contributed by atoms with van der Waals surface area (Å²) in [4.78, 5) is 32.8. The molecule has 0 heterocycles. The van der Waals surface area contributed by atoms with Crippen molar-refractivity contribution in [2.45, 2.75) is 46.5 Å². The molecular formula is C14H24O7P2-2. The van der Waals surface area contributed by atoms with Crippen LogP contribution in [0.5, 0.6) is 0 Å². The molecule has 0 aliphatic heterocycles. The van der Waals surface area contributed by atoms with E-state index in [1.54, 1.807) is 13.0 Å². The molecule has 0 aliphatic rings. The number of rotatable bonds is 11. The third-order valence-electron chi connectivity index (χ3n) is 2.82. The van der Waals surface area contributed by atoms with Crippen LogP contribution in [-0.4, -0.2) is 19.1 Å². The monoisotopic (exact) mass is 366 g/mol. The first-order valence-electron chi connectivity index (χ1n) is 7.17. The fourth-order valence-electron chi connectivity index (χ4n) is 1.60. The predicted molar refractivity (Wildman–Crippen MR) is 84.8 cm³/mol. The van der Waals surface area contributed by atoms with E-state index >= 15 is 0 Å². The molecule has 0 saturated heterocycles. The summed E-state index contributed by atoms with van der Waals surface area (Å²) < 4.78 is 30.3. The van der Waals surface area contributed by atoms with Crippen molar-refractivity contribution in [1.82, 2.24) is 0 Å². The summed E-state index contributed by atoms with van der Waals surface area (Å²) >= 11 is 0. The van der Waals surface area contributed by atoms with Gasteiger partial charge in [0, 0.05) is 13.1 Å². The molecule has 0 radical (unpaired) electrons. The van der Waals surface area contributed by atoms with Crippen molar-refractivity contribution in [1.29, 1.82) is 0 Å². The van der Waals surface area contributed by atoms with Crippen LogP contribution in [0.1, 0.15) is 46.5 Å². The topological polar surface area (TPSA) is 116 Å². The van der Waals surface area contributed by atoms with Crippen molar-refractivity contribution < 1.29 is 32.5 Å². The Morgan fingerprint density at radius 3 is 2.09 bits per heavy atom. The van der Waals surface area contributed by atoms with Gasteiger partial charge >= 0.3 is 0 Å². The second kappa shape index (κ2) is 10.3. The summed E-state index contributed by atoms with van der Waals surface area (Å²) in [6, 6.07) is 0. The van der Waals surface area contributed by atoms with Gasteiger partial charge in [0.1, 0.15) is 13.4 Å². The number of phosphoric acid groups is 1. The molecule has 0 saturated carbocycles. The predicted octanol–water partition coefficient (Wildman–Crippen LogP) is 2.71. The molecule has 2 atom stereocenters. The molecule has 2 unspecified atom stereocenters. The van der Waals surface area contributed by atoms with Crippen LogP contribution in [0.15, 0.2) is 23.3 Å². The molecule has 9 heteroatoms. The van der Waals surface area contributed by atoms with Crippen molar-refractivity contribution in [3.8, 4) is 0 Å². The largest absolute Gasteiger partial charge is 0.778 e. The Morgan fingerprint density at radius 2 is 1.57 bits per heavy atom. The van der Waals surface area contributed by atoms with Crippen molar-refractivity contribution in [3.05, 3.63) is 23.3 Å². The average Bonchev–Trinajstić information content (AvgIpc) is 2.33. The van der Waals surface area contributed by atoms with E-state index in [2.05, 4.69) is 8.83 Å². The van der Waals surface area contributed by atoms with Gasteiger partial charge in [-0.15, -0.1) is 0 Å². The van der Waals surface area contributed by atoms with Crippen molar-refractivity contribution in [3.63, 3.8) is 0 Å². The van der Waals surface area contributed by atoms with Crippen LogP contribution in [-0.2, 0) is 22.8 Å². The van der Waals surface area contributed by atoms with E-state index in [0.29, 0.717) is 19.5 Å². The fourth-order valence-corrected chi connectivity index (χ4v) is 3.50. The Bertz CT molecular complexity index is 545. The van der Waals surface area contributed by atoms with Crippen molar-refractivity contribution in [2.24, 2.45) is 0 Å². The van der Waals surface area contributed by atoms with Crippen LogP contribution in [0.3, 0.4) is 0 Å². The maximum atomic E-state index is 11.2. The quantitative estimate of drug-likeness (QED) is 0.408. The third-order valence-corrected chi connectivity index (χ3v) is 5.27. The lowest BCUT2D eigenvalue weighted by Gasteiger charge is -2.28. The van der Waals surface area contributed by atoms with Gasteiger partial charge < -0.3 is 23.7 Å². The summed E-state index contributed by atoms with van der Waals surface area (Å²) in [5, 5.41) is 0. The molecule has 134 valence electrons. The minimum atomic E-state index is -4.84. The normalized spacial score (nSPS) is 18.3. The molecule has 0 amide bonds. The smallest absolute Gasteiger partial charge is 0.273 e. The van der Waals surface area contributed by atoms with E-state index < -0.39 is 15.4 Å². The zero-order valence-corrected chi connectivity index (χ0v) is 15.7. The molecule has 0 aromatic carbocycles. The average molecular weight is 366 g/mol.